The van der Waals surface area contributed by atoms with E-state index in [2.05, 4.69) is 64.2 Å². The van der Waals surface area contributed by atoms with Crippen molar-refractivity contribution in [2.75, 3.05) is 5.32 Å². The first-order chi connectivity index (χ1) is 10.7. The van der Waals surface area contributed by atoms with Crippen LogP contribution in [0.25, 0.3) is 5.70 Å². The Kier molecular flexibility index (Phi) is 4.93. The van der Waals surface area contributed by atoms with Crippen LogP contribution in [0.5, 0.6) is 0 Å². The quantitative estimate of drug-likeness (QED) is 0.702. The van der Waals surface area contributed by atoms with E-state index >= 15 is 0 Å². The molecule has 1 nitrogen and oxygen atoms in total. The normalized spacial score (nSPS) is 11.3. The number of rotatable bonds is 3. The van der Waals surface area contributed by atoms with E-state index in [4.69, 9.17) is 0 Å². The summed E-state index contributed by atoms with van der Waals surface area (Å²) in [6, 6.07) is 13.7. The molecule has 0 fully saturated rings. The SMILES string of the molecule is CC(C)=C(Nc1cccc(F)c1C)c1ccc(C(C)(C)C)cc1. The molecule has 0 amide bonds. The average molecular weight is 311 g/mol. The van der Waals surface area contributed by atoms with Crippen LogP contribution in [0.4, 0.5) is 10.1 Å². The highest BCUT2D eigenvalue weighted by Gasteiger charge is 2.14. The Hall–Kier alpha value is -2.09. The van der Waals surface area contributed by atoms with Gasteiger partial charge in [-0.3, -0.25) is 0 Å². The second-order valence-corrected chi connectivity index (χ2v) is 7.24. The Labute approximate surface area is 139 Å². The molecule has 0 aromatic heterocycles. The van der Waals surface area contributed by atoms with Gasteiger partial charge in [-0.15, -0.1) is 0 Å². The maximum Gasteiger partial charge on any atom is 0.128 e. The molecule has 0 radical (unpaired) electrons. The molecule has 0 saturated heterocycles. The zero-order valence-electron chi connectivity index (χ0n) is 14.9. The van der Waals surface area contributed by atoms with Crippen molar-refractivity contribution in [2.45, 2.75) is 47.0 Å². The van der Waals surface area contributed by atoms with E-state index in [0.717, 1.165) is 22.5 Å². The van der Waals surface area contributed by atoms with Crippen LogP contribution in [0.15, 0.2) is 48.0 Å². The highest BCUT2D eigenvalue weighted by atomic mass is 19.1. The maximum atomic E-state index is 13.8. The molecule has 2 aromatic carbocycles. The smallest absolute Gasteiger partial charge is 0.128 e. The number of allylic oxidation sites excluding steroid dienone is 1. The molecule has 2 aromatic rings. The number of benzene rings is 2. The monoisotopic (exact) mass is 311 g/mol. The molecule has 0 unspecified atom stereocenters. The van der Waals surface area contributed by atoms with Gasteiger partial charge in [-0.2, -0.15) is 0 Å². The first-order valence-corrected chi connectivity index (χ1v) is 8.00. The lowest BCUT2D eigenvalue weighted by Crippen LogP contribution is -2.11. The van der Waals surface area contributed by atoms with Gasteiger partial charge in [0.25, 0.3) is 0 Å². The summed E-state index contributed by atoms with van der Waals surface area (Å²) in [4.78, 5) is 0. The largest absolute Gasteiger partial charge is 0.355 e. The van der Waals surface area contributed by atoms with Gasteiger partial charge in [0.15, 0.2) is 0 Å². The number of halogens is 1. The van der Waals surface area contributed by atoms with Gasteiger partial charge in [0.05, 0.1) is 0 Å². The van der Waals surface area contributed by atoms with Crippen molar-refractivity contribution < 1.29 is 4.39 Å². The Bertz CT molecular complexity index is 714. The topological polar surface area (TPSA) is 12.0 Å². The predicted octanol–water partition coefficient (Wildman–Crippen LogP) is 6.29. The molecular weight excluding hydrogens is 285 g/mol. The number of nitrogens with one attached hydrogen (secondary N) is 1. The molecule has 2 rings (SSSR count). The summed E-state index contributed by atoms with van der Waals surface area (Å²) < 4.78 is 13.8. The molecule has 0 aliphatic heterocycles. The third kappa shape index (κ3) is 4.01. The zero-order valence-corrected chi connectivity index (χ0v) is 14.9. The highest BCUT2D eigenvalue weighted by molar-refractivity contribution is 5.79. The molecule has 2 heteroatoms. The van der Waals surface area contributed by atoms with Gasteiger partial charge in [0.2, 0.25) is 0 Å². The zero-order chi connectivity index (χ0) is 17.2. The van der Waals surface area contributed by atoms with Crippen molar-refractivity contribution in [2.24, 2.45) is 0 Å². The lowest BCUT2D eigenvalue weighted by Gasteiger charge is -2.20. The summed E-state index contributed by atoms with van der Waals surface area (Å²) in [5.41, 5.74) is 6.18. The van der Waals surface area contributed by atoms with E-state index in [1.165, 1.54) is 11.6 Å². The Morgan fingerprint density at radius 1 is 0.957 bits per heavy atom. The maximum absolute atomic E-state index is 13.8. The van der Waals surface area contributed by atoms with Crippen LogP contribution < -0.4 is 5.32 Å². The number of anilines is 1. The van der Waals surface area contributed by atoms with Crippen molar-refractivity contribution in [3.8, 4) is 0 Å². The third-order valence-corrected chi connectivity index (χ3v) is 4.07. The van der Waals surface area contributed by atoms with Crippen LogP contribution in [-0.4, -0.2) is 0 Å². The summed E-state index contributed by atoms with van der Waals surface area (Å²) in [5, 5.41) is 3.40. The number of hydrogen-bond acceptors (Lipinski definition) is 1. The van der Waals surface area contributed by atoms with Crippen molar-refractivity contribution >= 4 is 11.4 Å². The van der Waals surface area contributed by atoms with E-state index in [1.807, 2.05) is 6.07 Å². The first-order valence-electron chi connectivity index (χ1n) is 8.00. The molecule has 23 heavy (non-hydrogen) atoms. The van der Waals surface area contributed by atoms with Crippen LogP contribution in [-0.2, 0) is 5.41 Å². The fourth-order valence-electron chi connectivity index (χ4n) is 2.50. The van der Waals surface area contributed by atoms with Crippen LogP contribution in [0, 0.1) is 12.7 Å². The molecule has 0 spiro atoms. The molecule has 0 heterocycles. The van der Waals surface area contributed by atoms with Crippen LogP contribution in [0.3, 0.4) is 0 Å². The fraction of sp³-hybridized carbons (Fsp3) is 0.333. The molecule has 0 saturated carbocycles. The molecule has 0 aliphatic rings. The van der Waals surface area contributed by atoms with Gasteiger partial charge in [-0.05, 0) is 49.4 Å². The standard InChI is InChI=1S/C21H26FN/c1-14(2)20(23-19-9-7-8-18(22)15(19)3)16-10-12-17(13-11-16)21(4,5)6/h7-13,23H,1-6H3. The van der Waals surface area contributed by atoms with E-state index in [9.17, 15) is 4.39 Å². The van der Waals surface area contributed by atoms with Gasteiger partial charge >= 0.3 is 0 Å². The highest BCUT2D eigenvalue weighted by Crippen LogP contribution is 2.28. The first kappa shape index (κ1) is 17.3. The Morgan fingerprint density at radius 2 is 1.57 bits per heavy atom. The minimum absolute atomic E-state index is 0.135. The van der Waals surface area contributed by atoms with Crippen LogP contribution >= 0.6 is 0 Å². The van der Waals surface area contributed by atoms with Gasteiger partial charge in [-0.1, -0.05) is 56.7 Å². The fourth-order valence-corrected chi connectivity index (χ4v) is 2.50. The Balaban J connectivity index is 2.37. The second kappa shape index (κ2) is 6.57. The molecule has 1 N–H and O–H groups in total. The summed E-state index contributed by atoms with van der Waals surface area (Å²) in [7, 11) is 0. The molecule has 0 atom stereocenters. The van der Waals surface area contributed by atoms with Gasteiger partial charge in [0.1, 0.15) is 5.82 Å². The van der Waals surface area contributed by atoms with Crippen molar-refractivity contribution in [3.05, 3.63) is 70.5 Å². The van der Waals surface area contributed by atoms with Gasteiger partial charge in [-0.25, -0.2) is 4.39 Å². The van der Waals surface area contributed by atoms with E-state index in [-0.39, 0.29) is 11.2 Å². The second-order valence-electron chi connectivity index (χ2n) is 7.24. The number of hydrogen-bond donors (Lipinski definition) is 1. The summed E-state index contributed by atoms with van der Waals surface area (Å²) in [6.45, 7) is 12.5. The lowest BCUT2D eigenvalue weighted by molar-refractivity contribution is 0.590. The summed E-state index contributed by atoms with van der Waals surface area (Å²) in [6.07, 6.45) is 0. The van der Waals surface area contributed by atoms with Gasteiger partial charge < -0.3 is 5.32 Å². The van der Waals surface area contributed by atoms with Crippen molar-refractivity contribution in [1.82, 2.24) is 0 Å². The van der Waals surface area contributed by atoms with E-state index in [1.54, 1.807) is 13.0 Å². The van der Waals surface area contributed by atoms with Crippen LogP contribution in [0.2, 0.25) is 0 Å². The predicted molar refractivity (Wildman–Crippen MR) is 98.2 cm³/mol. The average Bonchev–Trinajstić information content (AvgIpc) is 2.47. The van der Waals surface area contributed by atoms with Gasteiger partial charge in [0, 0.05) is 16.9 Å². The molecule has 0 bridgehead atoms. The third-order valence-electron chi connectivity index (χ3n) is 4.07. The van der Waals surface area contributed by atoms with E-state index in [0.29, 0.717) is 5.56 Å². The molecular formula is C21H26FN. The molecule has 122 valence electrons. The minimum Gasteiger partial charge on any atom is -0.355 e. The van der Waals surface area contributed by atoms with Crippen LogP contribution in [0.1, 0.15) is 51.3 Å². The van der Waals surface area contributed by atoms with Crippen molar-refractivity contribution in [3.63, 3.8) is 0 Å². The van der Waals surface area contributed by atoms with Crippen molar-refractivity contribution in [1.29, 1.82) is 0 Å². The minimum atomic E-state index is -0.189. The molecule has 0 aliphatic carbocycles. The Morgan fingerprint density at radius 3 is 2.09 bits per heavy atom. The van der Waals surface area contributed by atoms with E-state index < -0.39 is 0 Å². The summed E-state index contributed by atoms with van der Waals surface area (Å²) in [5.74, 6) is -0.189. The summed E-state index contributed by atoms with van der Waals surface area (Å²) >= 11 is 0. The lowest BCUT2D eigenvalue weighted by atomic mass is 9.86.